The van der Waals surface area contributed by atoms with E-state index in [0.717, 1.165) is 40.8 Å². The number of hydrogen-bond donors (Lipinski definition) is 2. The van der Waals surface area contributed by atoms with Gasteiger partial charge in [0.05, 0.1) is 12.9 Å². The second kappa shape index (κ2) is 7.87. The molecule has 0 bridgehead atoms. The zero-order chi connectivity index (χ0) is 20.4. The Hall–Kier alpha value is -2.87. The first-order valence-electron chi connectivity index (χ1n) is 9.65. The van der Waals surface area contributed by atoms with Crippen LogP contribution >= 0.6 is 0 Å². The Labute approximate surface area is 170 Å². The predicted molar refractivity (Wildman–Crippen MR) is 116 cm³/mol. The lowest BCUT2D eigenvalue weighted by atomic mass is 10.2. The van der Waals surface area contributed by atoms with Crippen molar-refractivity contribution in [2.45, 2.75) is 31.6 Å². The summed E-state index contributed by atoms with van der Waals surface area (Å²) >= 11 is 0. The highest BCUT2D eigenvalue weighted by atomic mass is 32.2. The predicted octanol–water partition coefficient (Wildman–Crippen LogP) is 3.89. The summed E-state index contributed by atoms with van der Waals surface area (Å²) in [6.07, 6.45) is 2.28. The highest BCUT2D eigenvalue weighted by Gasteiger charge is 2.23. The molecule has 1 fully saturated rings. The van der Waals surface area contributed by atoms with E-state index in [0.29, 0.717) is 17.7 Å². The van der Waals surface area contributed by atoms with Gasteiger partial charge in [0, 0.05) is 22.9 Å². The van der Waals surface area contributed by atoms with Gasteiger partial charge in [-0.2, -0.15) is 4.98 Å². The minimum absolute atomic E-state index is 0.0446. The van der Waals surface area contributed by atoms with E-state index in [1.165, 1.54) is 0 Å². The normalized spacial score (nSPS) is 14.0. The fourth-order valence-corrected chi connectivity index (χ4v) is 3.95. The molecule has 4 rings (SSSR count). The highest BCUT2D eigenvalue weighted by molar-refractivity contribution is 7.90. The standard InChI is InChI=1S/C21H24N4O3S/c1-3-29(26,27)13-14-7-9-16(10-8-14)23-21-24-19-17(5-4-6-18(19)28-2)20(25-21)22-15-11-12-15/h4-10,15H,3,11-13H2,1-2H3,(H2,22,23,24,25). The lowest BCUT2D eigenvalue weighted by Crippen LogP contribution is -2.08. The molecule has 0 amide bonds. The van der Waals surface area contributed by atoms with Crippen LogP contribution in [0.1, 0.15) is 25.3 Å². The minimum Gasteiger partial charge on any atom is -0.494 e. The van der Waals surface area contributed by atoms with Crippen molar-refractivity contribution in [1.29, 1.82) is 0 Å². The molecule has 29 heavy (non-hydrogen) atoms. The van der Waals surface area contributed by atoms with Gasteiger partial charge in [-0.25, -0.2) is 13.4 Å². The van der Waals surface area contributed by atoms with E-state index in [9.17, 15) is 8.42 Å². The van der Waals surface area contributed by atoms with Crippen LogP contribution in [-0.4, -0.2) is 37.3 Å². The fraction of sp³-hybridized carbons (Fsp3) is 0.333. The molecule has 1 aliphatic carbocycles. The average molecular weight is 413 g/mol. The molecule has 1 saturated carbocycles. The smallest absolute Gasteiger partial charge is 0.229 e. The Bertz CT molecular complexity index is 1130. The number of methoxy groups -OCH3 is 1. The van der Waals surface area contributed by atoms with Gasteiger partial charge >= 0.3 is 0 Å². The largest absolute Gasteiger partial charge is 0.494 e. The minimum atomic E-state index is -3.05. The van der Waals surface area contributed by atoms with Crippen LogP contribution in [0.4, 0.5) is 17.5 Å². The molecule has 2 aromatic carbocycles. The lowest BCUT2D eigenvalue weighted by molar-refractivity contribution is 0.419. The van der Waals surface area contributed by atoms with Crippen molar-refractivity contribution >= 4 is 38.2 Å². The number of anilines is 3. The molecule has 152 valence electrons. The summed E-state index contributed by atoms with van der Waals surface area (Å²) in [5, 5.41) is 7.60. The summed E-state index contributed by atoms with van der Waals surface area (Å²) in [5.74, 6) is 2.11. The van der Waals surface area contributed by atoms with E-state index < -0.39 is 9.84 Å². The first-order valence-corrected chi connectivity index (χ1v) is 11.5. The number of ether oxygens (including phenoxy) is 1. The molecular formula is C21H24N4O3S. The van der Waals surface area contributed by atoms with Crippen LogP contribution in [0.2, 0.25) is 0 Å². The number of fused-ring (bicyclic) bond motifs is 1. The van der Waals surface area contributed by atoms with Crippen molar-refractivity contribution < 1.29 is 13.2 Å². The molecule has 0 aliphatic heterocycles. The summed E-state index contributed by atoms with van der Waals surface area (Å²) in [7, 11) is -1.43. The Morgan fingerprint density at radius 3 is 2.52 bits per heavy atom. The third kappa shape index (κ3) is 4.59. The summed E-state index contributed by atoms with van der Waals surface area (Å²) in [6, 6.07) is 13.5. The average Bonchev–Trinajstić information content (AvgIpc) is 3.53. The first kappa shape index (κ1) is 19.4. The molecular weight excluding hydrogens is 388 g/mol. The van der Waals surface area contributed by atoms with Gasteiger partial charge in [0.2, 0.25) is 5.95 Å². The number of benzene rings is 2. The maximum atomic E-state index is 11.8. The number of hydrogen-bond acceptors (Lipinski definition) is 7. The third-order valence-electron chi connectivity index (χ3n) is 4.86. The molecule has 0 spiro atoms. The van der Waals surface area contributed by atoms with Crippen LogP contribution in [0.5, 0.6) is 5.75 Å². The zero-order valence-corrected chi connectivity index (χ0v) is 17.3. The maximum absolute atomic E-state index is 11.8. The zero-order valence-electron chi connectivity index (χ0n) is 16.5. The van der Waals surface area contributed by atoms with Crippen molar-refractivity contribution in [1.82, 2.24) is 9.97 Å². The van der Waals surface area contributed by atoms with Crippen LogP contribution in [0.15, 0.2) is 42.5 Å². The highest BCUT2D eigenvalue weighted by Crippen LogP contribution is 2.33. The number of aromatic nitrogens is 2. The van der Waals surface area contributed by atoms with E-state index >= 15 is 0 Å². The Morgan fingerprint density at radius 2 is 1.86 bits per heavy atom. The molecule has 1 aliphatic rings. The number of nitrogens with zero attached hydrogens (tertiary/aromatic N) is 2. The SMILES string of the molecule is CCS(=O)(=O)Cc1ccc(Nc2nc(NC3CC3)c3cccc(OC)c3n2)cc1. The second-order valence-electron chi connectivity index (χ2n) is 7.17. The number of nitrogens with one attached hydrogen (secondary N) is 2. The van der Waals surface area contributed by atoms with Gasteiger partial charge in [0.1, 0.15) is 17.1 Å². The third-order valence-corrected chi connectivity index (χ3v) is 6.52. The molecule has 1 aromatic heterocycles. The van der Waals surface area contributed by atoms with E-state index in [4.69, 9.17) is 4.74 Å². The molecule has 8 heteroatoms. The van der Waals surface area contributed by atoms with Gasteiger partial charge in [-0.05, 0) is 42.7 Å². The van der Waals surface area contributed by atoms with Gasteiger partial charge < -0.3 is 15.4 Å². The quantitative estimate of drug-likeness (QED) is 0.580. The summed E-state index contributed by atoms with van der Waals surface area (Å²) in [4.78, 5) is 9.30. The molecule has 0 atom stereocenters. The molecule has 2 N–H and O–H groups in total. The monoisotopic (exact) mass is 412 g/mol. The fourth-order valence-electron chi connectivity index (χ4n) is 3.05. The first-order chi connectivity index (χ1) is 14.0. The van der Waals surface area contributed by atoms with Crippen LogP contribution < -0.4 is 15.4 Å². The molecule has 0 saturated heterocycles. The summed E-state index contributed by atoms with van der Waals surface area (Å²) in [5.41, 5.74) is 2.28. The van der Waals surface area contributed by atoms with Crippen molar-refractivity contribution in [3.8, 4) is 5.75 Å². The summed E-state index contributed by atoms with van der Waals surface area (Å²) < 4.78 is 29.1. The van der Waals surface area contributed by atoms with Gasteiger partial charge in [-0.3, -0.25) is 0 Å². The number of rotatable bonds is 8. The van der Waals surface area contributed by atoms with Crippen LogP contribution in [0, 0.1) is 0 Å². The number of para-hydroxylation sites is 1. The van der Waals surface area contributed by atoms with Crippen molar-refractivity contribution in [3.05, 3.63) is 48.0 Å². The summed E-state index contributed by atoms with van der Waals surface area (Å²) in [6.45, 7) is 1.66. The molecule has 3 aromatic rings. The Morgan fingerprint density at radius 1 is 1.10 bits per heavy atom. The van der Waals surface area contributed by atoms with Gasteiger partial charge in [-0.1, -0.05) is 25.1 Å². The van der Waals surface area contributed by atoms with Crippen molar-refractivity contribution in [2.24, 2.45) is 0 Å². The topological polar surface area (TPSA) is 93.2 Å². The van der Waals surface area contributed by atoms with Crippen molar-refractivity contribution in [3.63, 3.8) is 0 Å². The lowest BCUT2D eigenvalue weighted by Gasteiger charge is -2.13. The molecule has 1 heterocycles. The van der Waals surface area contributed by atoms with Crippen molar-refractivity contribution in [2.75, 3.05) is 23.5 Å². The molecule has 0 radical (unpaired) electrons. The molecule has 0 unspecified atom stereocenters. The van der Waals surface area contributed by atoms with Gasteiger partial charge in [0.15, 0.2) is 9.84 Å². The number of sulfone groups is 1. The van der Waals surface area contributed by atoms with E-state index in [-0.39, 0.29) is 11.5 Å². The van der Waals surface area contributed by atoms with Gasteiger partial charge in [0.25, 0.3) is 0 Å². The van der Waals surface area contributed by atoms with E-state index in [1.54, 1.807) is 26.2 Å². The van der Waals surface area contributed by atoms with Crippen LogP contribution in [0.3, 0.4) is 0 Å². The molecule has 7 nitrogen and oxygen atoms in total. The second-order valence-corrected chi connectivity index (χ2v) is 9.52. The Kier molecular flexibility index (Phi) is 5.27. The maximum Gasteiger partial charge on any atom is 0.229 e. The van der Waals surface area contributed by atoms with Gasteiger partial charge in [-0.15, -0.1) is 0 Å². The van der Waals surface area contributed by atoms with E-state index in [1.807, 2.05) is 30.3 Å². The van der Waals surface area contributed by atoms with Crippen LogP contribution in [-0.2, 0) is 15.6 Å². The van der Waals surface area contributed by atoms with Crippen LogP contribution in [0.25, 0.3) is 10.9 Å². The van der Waals surface area contributed by atoms with E-state index in [2.05, 4.69) is 20.6 Å². The Balaban J connectivity index is 1.63.